The maximum absolute atomic E-state index is 6.07. The first kappa shape index (κ1) is 14.8. The summed E-state index contributed by atoms with van der Waals surface area (Å²) in [5.74, 6) is 1.57. The Morgan fingerprint density at radius 2 is 1.82 bits per heavy atom. The molecule has 0 atom stereocenters. The Labute approximate surface area is 129 Å². The minimum Gasteiger partial charge on any atom is -0.471 e. The summed E-state index contributed by atoms with van der Waals surface area (Å²) in [6, 6.07) is 0. The first-order valence-electron chi connectivity index (χ1n) is 7.37. The first-order valence-corrected chi connectivity index (χ1v) is 7.37. The van der Waals surface area contributed by atoms with Crippen molar-refractivity contribution in [3.63, 3.8) is 0 Å². The van der Waals surface area contributed by atoms with Crippen molar-refractivity contribution < 1.29 is 9.47 Å². The van der Waals surface area contributed by atoms with E-state index in [0.29, 0.717) is 41.9 Å². The predicted octanol–water partition coefficient (Wildman–Crippen LogP) is 0.959. The lowest BCUT2D eigenvalue weighted by Gasteiger charge is -2.27. The first-order chi connectivity index (χ1) is 10.3. The van der Waals surface area contributed by atoms with Gasteiger partial charge in [-0.3, -0.25) is 0 Å². The van der Waals surface area contributed by atoms with Crippen molar-refractivity contribution in [1.29, 1.82) is 0 Å². The third kappa shape index (κ3) is 2.78. The van der Waals surface area contributed by atoms with Gasteiger partial charge in [0.25, 0.3) is 0 Å². The van der Waals surface area contributed by atoms with Gasteiger partial charge >= 0.3 is 0 Å². The minimum absolute atomic E-state index is 0.348. The highest BCUT2D eigenvalue weighted by Gasteiger charge is 2.23. The molecule has 2 aromatic rings. The Bertz CT molecular complexity index is 685. The number of morpholine rings is 1. The number of hydrogen-bond donors (Lipinski definition) is 1. The maximum Gasteiger partial charge on any atom is 0.239 e. The number of hydrogen-bond acceptors (Lipinski definition) is 7. The Morgan fingerprint density at radius 1 is 1.14 bits per heavy atom. The number of nitrogens with two attached hydrogens (primary N) is 1. The monoisotopic (exact) mass is 306 g/mol. The molecule has 0 bridgehead atoms. The average molecular weight is 306 g/mol. The second-order valence-corrected chi connectivity index (χ2v) is 6.35. The topological polar surface area (TPSA) is 91.3 Å². The van der Waals surface area contributed by atoms with Gasteiger partial charge in [-0.2, -0.15) is 10.1 Å². The zero-order chi connectivity index (χ0) is 15.9. The fraction of sp³-hybridized carbons (Fsp3) is 0.643. The summed E-state index contributed by atoms with van der Waals surface area (Å²) in [5, 5.41) is 4.38. The van der Waals surface area contributed by atoms with Crippen LogP contribution in [0.15, 0.2) is 0 Å². The van der Waals surface area contributed by atoms with Gasteiger partial charge in [-0.15, -0.1) is 0 Å². The van der Waals surface area contributed by atoms with E-state index >= 15 is 0 Å². The van der Waals surface area contributed by atoms with Crippen molar-refractivity contribution in [2.45, 2.75) is 26.4 Å². The molecule has 2 aromatic heterocycles. The van der Waals surface area contributed by atoms with Gasteiger partial charge in [-0.05, 0) is 20.8 Å². The number of fused-ring (bicyclic) bond motifs is 1. The van der Waals surface area contributed by atoms with Gasteiger partial charge < -0.3 is 20.1 Å². The molecule has 0 saturated carbocycles. The number of aromatic nitrogens is 4. The standard InChI is InChI=1S/C14H22N6O2/c1-14(2,3)22-12-10-9(18-19(12)4)11(15)17-13(16-10)20-5-7-21-8-6-20/h5-8H2,1-4H3,(H2,15,16,17). The molecule has 0 aromatic carbocycles. The van der Waals surface area contributed by atoms with Crippen LogP contribution in [0.25, 0.3) is 11.0 Å². The van der Waals surface area contributed by atoms with Crippen molar-refractivity contribution in [2.24, 2.45) is 7.05 Å². The zero-order valence-electron chi connectivity index (χ0n) is 13.5. The zero-order valence-corrected chi connectivity index (χ0v) is 13.5. The molecular weight excluding hydrogens is 284 g/mol. The van der Waals surface area contributed by atoms with Gasteiger partial charge in [0.1, 0.15) is 5.60 Å². The predicted molar refractivity (Wildman–Crippen MR) is 84.1 cm³/mol. The normalized spacial score (nSPS) is 16.3. The van der Waals surface area contributed by atoms with Crippen LogP contribution in [0.5, 0.6) is 5.88 Å². The molecule has 120 valence electrons. The van der Waals surface area contributed by atoms with Gasteiger partial charge in [0.2, 0.25) is 11.8 Å². The number of nitrogen functional groups attached to an aromatic ring is 1. The Hall–Kier alpha value is -2.09. The van der Waals surface area contributed by atoms with Crippen LogP contribution in [0.1, 0.15) is 20.8 Å². The minimum atomic E-state index is -0.348. The molecule has 2 N–H and O–H groups in total. The highest BCUT2D eigenvalue weighted by atomic mass is 16.5. The van der Waals surface area contributed by atoms with Gasteiger partial charge in [-0.1, -0.05) is 0 Å². The van der Waals surface area contributed by atoms with Crippen molar-refractivity contribution in [2.75, 3.05) is 36.9 Å². The van der Waals surface area contributed by atoms with Crippen LogP contribution < -0.4 is 15.4 Å². The third-order valence-corrected chi connectivity index (χ3v) is 3.34. The fourth-order valence-electron chi connectivity index (χ4n) is 2.37. The number of anilines is 2. The highest BCUT2D eigenvalue weighted by molar-refractivity contribution is 5.89. The molecule has 3 heterocycles. The summed E-state index contributed by atoms with van der Waals surface area (Å²) in [7, 11) is 1.82. The summed E-state index contributed by atoms with van der Waals surface area (Å²) in [6.45, 7) is 8.79. The van der Waals surface area contributed by atoms with E-state index in [1.54, 1.807) is 4.68 Å². The van der Waals surface area contributed by atoms with Crippen LogP contribution in [0.3, 0.4) is 0 Å². The Kier molecular flexibility index (Phi) is 3.56. The average Bonchev–Trinajstić information content (AvgIpc) is 2.76. The molecule has 0 aliphatic carbocycles. The SMILES string of the molecule is Cn1nc2c(N)nc(N3CCOCC3)nc2c1OC(C)(C)C. The van der Waals surface area contributed by atoms with Crippen LogP contribution in [-0.4, -0.2) is 51.7 Å². The quantitative estimate of drug-likeness (QED) is 0.883. The molecule has 1 aliphatic heterocycles. The molecule has 8 nitrogen and oxygen atoms in total. The summed E-state index contributed by atoms with van der Waals surface area (Å²) in [4.78, 5) is 11.1. The van der Waals surface area contributed by atoms with Crippen molar-refractivity contribution >= 4 is 22.8 Å². The molecule has 3 rings (SSSR count). The lowest BCUT2D eigenvalue weighted by Crippen LogP contribution is -2.37. The van der Waals surface area contributed by atoms with E-state index < -0.39 is 0 Å². The summed E-state index contributed by atoms with van der Waals surface area (Å²) < 4.78 is 13.0. The molecule has 22 heavy (non-hydrogen) atoms. The van der Waals surface area contributed by atoms with Crippen molar-refractivity contribution in [3.8, 4) is 5.88 Å². The van der Waals surface area contributed by atoms with Crippen LogP contribution in [0.2, 0.25) is 0 Å². The molecular formula is C14H22N6O2. The van der Waals surface area contributed by atoms with Crippen LogP contribution >= 0.6 is 0 Å². The molecule has 1 aliphatic rings. The van der Waals surface area contributed by atoms with Gasteiger partial charge in [0.05, 0.1) is 13.2 Å². The summed E-state index contributed by atoms with van der Waals surface area (Å²) in [5.41, 5.74) is 6.93. The van der Waals surface area contributed by atoms with Crippen LogP contribution in [-0.2, 0) is 11.8 Å². The smallest absolute Gasteiger partial charge is 0.239 e. The highest BCUT2D eigenvalue weighted by Crippen LogP contribution is 2.30. The molecule has 0 amide bonds. The molecule has 0 radical (unpaired) electrons. The largest absolute Gasteiger partial charge is 0.471 e. The molecule has 8 heteroatoms. The second-order valence-electron chi connectivity index (χ2n) is 6.35. The van der Waals surface area contributed by atoms with Gasteiger partial charge in [0.15, 0.2) is 16.9 Å². The Balaban J connectivity index is 2.08. The summed E-state index contributed by atoms with van der Waals surface area (Å²) >= 11 is 0. The molecule has 0 spiro atoms. The molecule has 0 unspecified atom stereocenters. The van der Waals surface area contributed by atoms with E-state index in [0.717, 1.165) is 13.1 Å². The van der Waals surface area contributed by atoms with Gasteiger partial charge in [0, 0.05) is 20.1 Å². The number of nitrogens with zero attached hydrogens (tertiary/aromatic N) is 5. The lowest BCUT2D eigenvalue weighted by molar-refractivity contribution is 0.119. The van der Waals surface area contributed by atoms with E-state index in [9.17, 15) is 0 Å². The molecule has 1 fully saturated rings. The third-order valence-electron chi connectivity index (χ3n) is 3.34. The Morgan fingerprint density at radius 3 is 2.45 bits per heavy atom. The number of rotatable bonds is 2. The van der Waals surface area contributed by atoms with Crippen LogP contribution in [0.4, 0.5) is 11.8 Å². The van der Waals surface area contributed by atoms with Crippen LogP contribution in [0, 0.1) is 0 Å². The fourth-order valence-corrected chi connectivity index (χ4v) is 2.37. The summed E-state index contributed by atoms with van der Waals surface area (Å²) in [6.07, 6.45) is 0. The number of aryl methyl sites for hydroxylation is 1. The molecule has 1 saturated heterocycles. The number of ether oxygens (including phenoxy) is 2. The van der Waals surface area contributed by atoms with E-state index in [-0.39, 0.29) is 5.60 Å². The maximum atomic E-state index is 6.07. The van der Waals surface area contributed by atoms with E-state index in [1.165, 1.54) is 0 Å². The van der Waals surface area contributed by atoms with E-state index in [4.69, 9.17) is 15.2 Å². The second kappa shape index (κ2) is 5.28. The van der Waals surface area contributed by atoms with Gasteiger partial charge in [-0.25, -0.2) is 9.67 Å². The van der Waals surface area contributed by atoms with E-state index in [1.807, 2.05) is 27.8 Å². The van der Waals surface area contributed by atoms with Crippen molar-refractivity contribution in [3.05, 3.63) is 0 Å². The lowest BCUT2D eigenvalue weighted by atomic mass is 10.2. The van der Waals surface area contributed by atoms with E-state index in [2.05, 4.69) is 20.0 Å². The van der Waals surface area contributed by atoms with Crippen molar-refractivity contribution in [1.82, 2.24) is 19.7 Å².